The Labute approximate surface area is 163 Å². The lowest BCUT2D eigenvalue weighted by atomic mass is 10.1. The average molecular weight is 405 g/mol. The third kappa shape index (κ3) is 3.19. The van der Waals surface area contributed by atoms with E-state index in [9.17, 15) is 20.1 Å². The predicted octanol–water partition coefficient (Wildman–Crippen LogP) is -1.62. The van der Waals surface area contributed by atoms with Crippen LogP contribution >= 0.6 is 0 Å². The van der Waals surface area contributed by atoms with E-state index in [0.717, 1.165) is 0 Å². The minimum atomic E-state index is -1.32. The number of aromatic nitrogens is 6. The molecule has 5 N–H and O–H groups in total. The van der Waals surface area contributed by atoms with Crippen molar-refractivity contribution >= 4 is 23.0 Å². The Kier molecular flexibility index (Phi) is 4.87. The van der Waals surface area contributed by atoms with Gasteiger partial charge in [-0.15, -0.1) is 0 Å². The van der Waals surface area contributed by atoms with Crippen LogP contribution in [0.25, 0.3) is 17.1 Å². The Balaban J connectivity index is 1.74. The summed E-state index contributed by atoms with van der Waals surface area (Å²) in [4.78, 5) is 24.5. The third-order valence-corrected chi connectivity index (χ3v) is 4.53. The number of ether oxygens (including phenoxy) is 2. The number of carbonyl (C=O) groups is 1. The quantitative estimate of drug-likeness (QED) is 0.358. The summed E-state index contributed by atoms with van der Waals surface area (Å²) in [6, 6.07) is 0. The zero-order chi connectivity index (χ0) is 20.7. The van der Waals surface area contributed by atoms with Gasteiger partial charge >= 0.3 is 5.97 Å². The highest BCUT2D eigenvalue weighted by atomic mass is 16.6. The van der Waals surface area contributed by atoms with Crippen molar-refractivity contribution in [1.82, 2.24) is 29.3 Å². The molecule has 1 saturated heterocycles. The third-order valence-electron chi connectivity index (χ3n) is 4.53. The van der Waals surface area contributed by atoms with Gasteiger partial charge in [0.25, 0.3) is 5.95 Å². The van der Waals surface area contributed by atoms with Gasteiger partial charge in [0.2, 0.25) is 0 Å². The highest BCUT2D eigenvalue weighted by molar-refractivity contribution is 5.89. The lowest BCUT2D eigenvalue weighted by Gasteiger charge is -2.16. The maximum absolute atomic E-state index is 11.8. The van der Waals surface area contributed by atoms with E-state index in [1.165, 1.54) is 28.0 Å². The normalized spacial score (nSPS) is 24.3. The fourth-order valence-electron chi connectivity index (χ4n) is 3.08. The molecular weight excluding hydrogens is 386 g/mol. The molecule has 3 unspecified atom stereocenters. The van der Waals surface area contributed by atoms with Gasteiger partial charge in [-0.2, -0.15) is 15.1 Å². The topological polar surface area (TPSA) is 184 Å². The van der Waals surface area contributed by atoms with Crippen molar-refractivity contribution in [3.63, 3.8) is 0 Å². The first-order chi connectivity index (χ1) is 13.9. The van der Waals surface area contributed by atoms with Crippen LogP contribution in [-0.2, 0) is 9.47 Å². The molecule has 0 radical (unpaired) electrons. The van der Waals surface area contributed by atoms with E-state index in [1.807, 2.05) is 0 Å². The number of aliphatic hydroxyl groups is 3. The number of fused-ring (bicyclic) bond motifs is 1. The molecular formula is C16H19N7O6. The van der Waals surface area contributed by atoms with Crippen molar-refractivity contribution in [3.8, 4) is 5.95 Å². The number of hydrogen-bond acceptors (Lipinski definition) is 11. The number of imidazole rings is 1. The molecule has 4 atom stereocenters. The summed E-state index contributed by atoms with van der Waals surface area (Å²) in [6.45, 7) is 1.45. The summed E-state index contributed by atoms with van der Waals surface area (Å²) >= 11 is 0. The molecule has 29 heavy (non-hydrogen) atoms. The maximum Gasteiger partial charge on any atom is 0.341 e. The molecule has 1 fully saturated rings. The number of hydrogen-bond donors (Lipinski definition) is 4. The summed E-state index contributed by atoms with van der Waals surface area (Å²) < 4.78 is 13.1. The van der Waals surface area contributed by atoms with Gasteiger partial charge < -0.3 is 30.5 Å². The number of rotatable bonds is 5. The van der Waals surface area contributed by atoms with Gasteiger partial charge in [0.05, 0.1) is 31.3 Å². The molecule has 4 heterocycles. The molecule has 3 aromatic heterocycles. The first-order valence-corrected chi connectivity index (χ1v) is 8.79. The molecule has 1 aliphatic heterocycles. The van der Waals surface area contributed by atoms with Crippen molar-refractivity contribution in [1.29, 1.82) is 0 Å². The number of nitrogens with two attached hydrogens (primary N) is 1. The summed E-state index contributed by atoms with van der Waals surface area (Å²) in [5, 5.41) is 33.6. The smallest absolute Gasteiger partial charge is 0.341 e. The van der Waals surface area contributed by atoms with Crippen molar-refractivity contribution in [2.24, 2.45) is 0 Å². The Morgan fingerprint density at radius 2 is 2.14 bits per heavy atom. The van der Waals surface area contributed by atoms with Crippen molar-refractivity contribution in [3.05, 3.63) is 24.3 Å². The van der Waals surface area contributed by atoms with Crippen LogP contribution in [-0.4, -0.2) is 82.1 Å². The second-order valence-electron chi connectivity index (χ2n) is 6.36. The van der Waals surface area contributed by atoms with Gasteiger partial charge in [0, 0.05) is 6.20 Å². The lowest BCUT2D eigenvalue weighted by molar-refractivity contribution is -0.0511. The number of nitrogen functional groups attached to an aromatic ring is 1. The van der Waals surface area contributed by atoms with Crippen LogP contribution in [0.1, 0.15) is 23.5 Å². The Hall–Kier alpha value is -3.13. The van der Waals surface area contributed by atoms with Crippen LogP contribution in [0.15, 0.2) is 18.7 Å². The maximum atomic E-state index is 11.8. The van der Waals surface area contributed by atoms with Crippen LogP contribution in [0.4, 0.5) is 5.82 Å². The first-order valence-electron chi connectivity index (χ1n) is 8.79. The zero-order valence-corrected chi connectivity index (χ0v) is 15.3. The van der Waals surface area contributed by atoms with E-state index in [2.05, 4.69) is 20.1 Å². The van der Waals surface area contributed by atoms with Crippen LogP contribution in [0.3, 0.4) is 0 Å². The number of aliphatic hydroxyl groups excluding tert-OH is 3. The number of esters is 1. The number of nitrogens with zero attached hydrogens (tertiary/aromatic N) is 6. The minimum absolute atomic E-state index is 0.0451. The second-order valence-corrected chi connectivity index (χ2v) is 6.36. The molecule has 0 saturated carbocycles. The number of anilines is 1. The Bertz CT molecular complexity index is 1050. The molecule has 154 valence electrons. The van der Waals surface area contributed by atoms with Crippen molar-refractivity contribution < 1.29 is 29.6 Å². The Morgan fingerprint density at radius 3 is 2.83 bits per heavy atom. The van der Waals surface area contributed by atoms with E-state index < -0.39 is 37.1 Å². The van der Waals surface area contributed by atoms with Gasteiger partial charge in [0.1, 0.15) is 23.8 Å². The van der Waals surface area contributed by atoms with Gasteiger partial charge in [0.15, 0.2) is 17.7 Å². The van der Waals surface area contributed by atoms with Gasteiger partial charge in [-0.25, -0.2) is 14.5 Å². The standard InChI is InChI=1S/C16H19N7O6/c1-2-28-15(27)7-3-19-23(4-7)16-20-12(17)9-13(21-16)22(6-18-9)14-11(26)10(25)8(5-24)29-14/h3-4,6,8,10-11,14,24-26H,2,5H2,1H3,(H2,17,20,21)/t8?,10-,11?,14?/m1/s1. The molecule has 0 spiro atoms. The van der Waals surface area contributed by atoms with Crippen LogP contribution < -0.4 is 5.73 Å². The average Bonchev–Trinajstić information content (AvgIpc) is 3.41. The van der Waals surface area contributed by atoms with Crippen LogP contribution in [0, 0.1) is 0 Å². The van der Waals surface area contributed by atoms with Gasteiger partial charge in [-0.05, 0) is 6.92 Å². The molecule has 4 rings (SSSR count). The fraction of sp³-hybridized carbons (Fsp3) is 0.438. The minimum Gasteiger partial charge on any atom is -0.462 e. The van der Waals surface area contributed by atoms with Crippen molar-refractivity contribution in [2.75, 3.05) is 18.9 Å². The van der Waals surface area contributed by atoms with E-state index in [0.29, 0.717) is 0 Å². The van der Waals surface area contributed by atoms with E-state index in [1.54, 1.807) is 6.92 Å². The predicted molar refractivity (Wildman–Crippen MR) is 95.8 cm³/mol. The molecule has 13 nitrogen and oxygen atoms in total. The molecule has 0 aromatic carbocycles. The summed E-state index contributed by atoms with van der Waals surface area (Å²) in [5.41, 5.74) is 6.67. The largest absolute Gasteiger partial charge is 0.462 e. The SMILES string of the molecule is CCOC(=O)c1cnn(-c2nc(N)c3ncn(C4OC(CO)[C@@H](O)C4O)c3n2)c1. The monoisotopic (exact) mass is 405 g/mol. The fourth-order valence-corrected chi connectivity index (χ4v) is 3.08. The van der Waals surface area contributed by atoms with E-state index >= 15 is 0 Å². The molecule has 1 aliphatic rings. The summed E-state index contributed by atoms with van der Waals surface area (Å²) in [5.74, 6) is -0.438. The van der Waals surface area contributed by atoms with E-state index in [-0.39, 0.29) is 35.1 Å². The summed E-state index contributed by atoms with van der Waals surface area (Å²) in [6.07, 6.45) is -0.542. The second kappa shape index (κ2) is 7.36. The first kappa shape index (κ1) is 19.2. The van der Waals surface area contributed by atoms with Crippen LogP contribution in [0.2, 0.25) is 0 Å². The molecule has 0 amide bonds. The molecule has 0 bridgehead atoms. The Morgan fingerprint density at radius 1 is 1.34 bits per heavy atom. The molecule has 3 aromatic rings. The number of carbonyl (C=O) groups excluding carboxylic acids is 1. The molecule has 13 heteroatoms. The lowest BCUT2D eigenvalue weighted by Crippen LogP contribution is -2.33. The summed E-state index contributed by atoms with van der Waals surface area (Å²) in [7, 11) is 0. The van der Waals surface area contributed by atoms with Gasteiger partial charge in [-0.1, -0.05) is 0 Å². The molecule has 0 aliphatic carbocycles. The highest BCUT2D eigenvalue weighted by Crippen LogP contribution is 2.32. The van der Waals surface area contributed by atoms with Crippen molar-refractivity contribution in [2.45, 2.75) is 31.5 Å². The van der Waals surface area contributed by atoms with E-state index in [4.69, 9.17) is 15.2 Å². The van der Waals surface area contributed by atoms with Gasteiger partial charge in [-0.3, -0.25) is 4.57 Å². The van der Waals surface area contributed by atoms with Crippen LogP contribution in [0.5, 0.6) is 0 Å². The highest BCUT2D eigenvalue weighted by Gasteiger charge is 2.44. The zero-order valence-electron chi connectivity index (χ0n) is 15.3.